The van der Waals surface area contributed by atoms with Crippen molar-refractivity contribution in [3.05, 3.63) is 41.4 Å². The van der Waals surface area contributed by atoms with Crippen LogP contribution in [0.2, 0.25) is 5.02 Å². The fourth-order valence-corrected chi connectivity index (χ4v) is 3.39. The van der Waals surface area contributed by atoms with Gasteiger partial charge in [0.15, 0.2) is 0 Å². The Bertz CT molecular complexity index is 854. The number of pyridine rings is 1. The van der Waals surface area contributed by atoms with E-state index in [1.807, 2.05) is 36.4 Å². The van der Waals surface area contributed by atoms with Gasteiger partial charge < -0.3 is 10.1 Å². The van der Waals surface area contributed by atoms with Crippen LogP contribution >= 0.6 is 27.5 Å². The van der Waals surface area contributed by atoms with Crippen molar-refractivity contribution in [3.63, 3.8) is 0 Å². The first-order valence-corrected chi connectivity index (χ1v) is 9.59. The Balaban J connectivity index is 2.05. The summed E-state index contributed by atoms with van der Waals surface area (Å²) in [7, 11) is 1.68. The van der Waals surface area contributed by atoms with E-state index in [-0.39, 0.29) is 0 Å². The number of ether oxygens (including phenoxy) is 1. The quantitative estimate of drug-likeness (QED) is 0.295. The smallest absolute Gasteiger partial charge is 0.119 e. The first-order valence-electron chi connectivity index (χ1n) is 8.10. The summed E-state index contributed by atoms with van der Waals surface area (Å²) in [6.45, 7) is 0.932. The molecule has 0 aliphatic rings. The highest BCUT2D eigenvalue weighted by Crippen LogP contribution is 2.34. The summed E-state index contributed by atoms with van der Waals surface area (Å²) < 4.78 is 5.38. The Morgan fingerprint density at radius 2 is 1.92 bits per heavy atom. The van der Waals surface area contributed by atoms with Gasteiger partial charge in [-0.15, -0.1) is 0 Å². The largest absolute Gasteiger partial charge is 0.497 e. The summed E-state index contributed by atoms with van der Waals surface area (Å²) in [5, 5.41) is 7.52. The summed E-state index contributed by atoms with van der Waals surface area (Å²) in [5.41, 5.74) is 2.95. The van der Waals surface area contributed by atoms with Crippen molar-refractivity contribution in [1.29, 1.82) is 0 Å². The van der Waals surface area contributed by atoms with Crippen LogP contribution < -0.4 is 10.1 Å². The minimum absolute atomic E-state index is 0.700. The van der Waals surface area contributed by atoms with E-state index >= 15 is 0 Å². The second-order valence-corrected chi connectivity index (χ2v) is 6.94. The standard InChI is InChI=1S/C19H20BrClN2O/c1-24-14-6-8-17-16(12-14)19(22-10-4-2-3-9-20)15-7-5-13(21)11-18(15)23-17/h5-8,11-12H,2-4,9-10H2,1H3,(H,22,23). The third-order valence-electron chi connectivity index (χ3n) is 4.06. The third kappa shape index (κ3) is 3.76. The number of aromatic nitrogens is 1. The summed E-state index contributed by atoms with van der Waals surface area (Å²) in [4.78, 5) is 4.75. The molecule has 0 aliphatic heterocycles. The number of hydrogen-bond acceptors (Lipinski definition) is 3. The first-order chi connectivity index (χ1) is 11.7. The monoisotopic (exact) mass is 406 g/mol. The zero-order chi connectivity index (χ0) is 16.9. The fraction of sp³-hybridized carbons (Fsp3) is 0.316. The number of unbranched alkanes of at least 4 members (excludes halogenated alkanes) is 2. The molecule has 126 valence electrons. The molecule has 0 unspecified atom stereocenters. The van der Waals surface area contributed by atoms with Gasteiger partial charge in [-0.2, -0.15) is 0 Å². The molecule has 0 fully saturated rings. The maximum absolute atomic E-state index is 6.15. The minimum atomic E-state index is 0.700. The predicted molar refractivity (Wildman–Crippen MR) is 107 cm³/mol. The van der Waals surface area contributed by atoms with Crippen molar-refractivity contribution in [2.75, 3.05) is 24.3 Å². The molecule has 2 aromatic carbocycles. The van der Waals surface area contributed by atoms with Crippen molar-refractivity contribution < 1.29 is 4.74 Å². The SMILES string of the molecule is COc1ccc2nc3cc(Cl)ccc3c(NCCCCCBr)c2c1. The van der Waals surface area contributed by atoms with E-state index in [2.05, 4.69) is 21.2 Å². The Kier molecular flexibility index (Phi) is 5.80. The first kappa shape index (κ1) is 17.3. The van der Waals surface area contributed by atoms with Crippen LogP contribution in [0.5, 0.6) is 5.75 Å². The molecule has 0 aliphatic carbocycles. The van der Waals surface area contributed by atoms with Crippen molar-refractivity contribution >= 4 is 55.0 Å². The van der Waals surface area contributed by atoms with Gasteiger partial charge in [-0.05, 0) is 49.2 Å². The molecule has 3 rings (SSSR count). The lowest BCUT2D eigenvalue weighted by atomic mass is 10.1. The van der Waals surface area contributed by atoms with Crippen LogP contribution in [0.1, 0.15) is 19.3 Å². The molecule has 1 N–H and O–H groups in total. The van der Waals surface area contributed by atoms with Gasteiger partial charge in [0.05, 0.1) is 23.8 Å². The predicted octanol–water partition coefficient (Wildman–Crippen LogP) is 6.03. The zero-order valence-electron chi connectivity index (χ0n) is 13.6. The number of fused-ring (bicyclic) bond motifs is 2. The van der Waals surface area contributed by atoms with Crippen molar-refractivity contribution in [2.45, 2.75) is 19.3 Å². The molecule has 5 heteroatoms. The topological polar surface area (TPSA) is 34.1 Å². The second-order valence-electron chi connectivity index (χ2n) is 5.71. The van der Waals surface area contributed by atoms with Crippen LogP contribution in [0, 0.1) is 0 Å². The second kappa shape index (κ2) is 8.04. The van der Waals surface area contributed by atoms with E-state index in [9.17, 15) is 0 Å². The maximum Gasteiger partial charge on any atom is 0.119 e. The van der Waals surface area contributed by atoms with Gasteiger partial charge in [-0.1, -0.05) is 34.0 Å². The van der Waals surface area contributed by atoms with E-state index < -0.39 is 0 Å². The van der Waals surface area contributed by atoms with Crippen molar-refractivity contribution in [3.8, 4) is 5.75 Å². The number of benzene rings is 2. The molecule has 0 bridgehead atoms. The number of anilines is 1. The molecule has 0 spiro atoms. The van der Waals surface area contributed by atoms with Crippen molar-refractivity contribution in [1.82, 2.24) is 4.98 Å². The number of hydrogen-bond donors (Lipinski definition) is 1. The van der Waals surface area contributed by atoms with Crippen LogP contribution in [-0.2, 0) is 0 Å². The lowest BCUT2D eigenvalue weighted by Crippen LogP contribution is -2.04. The Morgan fingerprint density at radius 1 is 1.04 bits per heavy atom. The van der Waals surface area contributed by atoms with Crippen molar-refractivity contribution in [2.24, 2.45) is 0 Å². The molecule has 3 nitrogen and oxygen atoms in total. The highest BCUT2D eigenvalue weighted by Gasteiger charge is 2.10. The Morgan fingerprint density at radius 3 is 2.71 bits per heavy atom. The number of alkyl halides is 1. The van der Waals surface area contributed by atoms with Gasteiger partial charge in [0.1, 0.15) is 5.75 Å². The number of halogens is 2. The molecule has 0 amide bonds. The third-order valence-corrected chi connectivity index (χ3v) is 4.85. The number of rotatable bonds is 7. The van der Waals surface area contributed by atoms with Gasteiger partial charge in [-0.3, -0.25) is 0 Å². The van der Waals surface area contributed by atoms with Gasteiger partial charge in [0.25, 0.3) is 0 Å². The molecule has 1 aromatic heterocycles. The lowest BCUT2D eigenvalue weighted by molar-refractivity contribution is 0.415. The average molecular weight is 408 g/mol. The van der Waals surface area contributed by atoms with E-state index in [0.29, 0.717) is 5.02 Å². The van der Waals surface area contributed by atoms with E-state index in [4.69, 9.17) is 21.3 Å². The minimum Gasteiger partial charge on any atom is -0.497 e. The number of nitrogens with zero attached hydrogens (tertiary/aromatic N) is 1. The molecule has 3 aromatic rings. The molecule has 0 atom stereocenters. The number of methoxy groups -OCH3 is 1. The Hall–Kier alpha value is -1.52. The summed E-state index contributed by atoms with van der Waals surface area (Å²) >= 11 is 9.63. The zero-order valence-corrected chi connectivity index (χ0v) is 16.0. The fourth-order valence-electron chi connectivity index (χ4n) is 2.82. The van der Waals surface area contributed by atoms with E-state index in [1.54, 1.807) is 7.11 Å². The highest BCUT2D eigenvalue weighted by molar-refractivity contribution is 9.09. The van der Waals surface area contributed by atoms with Crippen LogP contribution in [0.4, 0.5) is 5.69 Å². The van der Waals surface area contributed by atoms with Gasteiger partial charge in [-0.25, -0.2) is 4.98 Å². The van der Waals surface area contributed by atoms with Crippen LogP contribution in [0.25, 0.3) is 21.8 Å². The van der Waals surface area contributed by atoms with Gasteiger partial charge >= 0.3 is 0 Å². The number of nitrogens with one attached hydrogen (secondary N) is 1. The van der Waals surface area contributed by atoms with E-state index in [1.165, 1.54) is 12.8 Å². The molecular formula is C19H20BrClN2O. The van der Waals surface area contributed by atoms with Gasteiger partial charge in [0, 0.05) is 27.7 Å². The normalized spacial score (nSPS) is 11.1. The molecule has 24 heavy (non-hydrogen) atoms. The average Bonchev–Trinajstić information content (AvgIpc) is 2.60. The van der Waals surface area contributed by atoms with Crippen LogP contribution in [-0.4, -0.2) is 24.0 Å². The molecule has 0 saturated carbocycles. The van der Waals surface area contributed by atoms with Crippen LogP contribution in [0.15, 0.2) is 36.4 Å². The van der Waals surface area contributed by atoms with E-state index in [0.717, 1.165) is 51.5 Å². The molecule has 0 saturated heterocycles. The maximum atomic E-state index is 6.15. The molecule has 1 heterocycles. The Labute approximate surface area is 155 Å². The highest BCUT2D eigenvalue weighted by atomic mass is 79.9. The summed E-state index contributed by atoms with van der Waals surface area (Å²) in [6.07, 6.45) is 3.53. The lowest BCUT2D eigenvalue weighted by Gasteiger charge is -2.14. The molecule has 0 radical (unpaired) electrons. The van der Waals surface area contributed by atoms with Gasteiger partial charge in [0.2, 0.25) is 0 Å². The summed E-state index contributed by atoms with van der Waals surface area (Å²) in [6, 6.07) is 11.8. The van der Waals surface area contributed by atoms with Crippen LogP contribution in [0.3, 0.4) is 0 Å². The molecular weight excluding hydrogens is 388 g/mol. The summed E-state index contributed by atoms with van der Waals surface area (Å²) in [5.74, 6) is 0.833.